The van der Waals surface area contributed by atoms with Crippen LogP contribution in [-0.4, -0.2) is 28.1 Å². The summed E-state index contributed by atoms with van der Waals surface area (Å²) in [5, 5.41) is 8.10. The molecule has 2 aliphatic rings. The minimum atomic E-state index is -0.0509. The highest BCUT2D eigenvalue weighted by atomic mass is 16.5. The number of hydrogen-bond acceptors (Lipinski definition) is 5. The Morgan fingerprint density at radius 2 is 2.12 bits per heavy atom. The summed E-state index contributed by atoms with van der Waals surface area (Å²) >= 11 is 0. The Hall–Kier alpha value is -1.95. The van der Waals surface area contributed by atoms with Gasteiger partial charge >= 0.3 is 0 Å². The maximum Gasteiger partial charge on any atom is 0.257 e. The zero-order valence-corrected chi connectivity index (χ0v) is 14.0. The number of aromatic nitrogens is 2. The molecule has 2 aromatic heterocycles. The number of carbonyl (C=O) groups excluding carboxylic acids is 1. The molecule has 0 saturated heterocycles. The van der Waals surface area contributed by atoms with Gasteiger partial charge in [-0.1, -0.05) is 18.5 Å². The van der Waals surface area contributed by atoms with E-state index in [2.05, 4.69) is 15.5 Å². The van der Waals surface area contributed by atoms with E-state index in [-0.39, 0.29) is 18.0 Å². The van der Waals surface area contributed by atoms with Gasteiger partial charge in [-0.2, -0.15) is 0 Å². The molecule has 2 atom stereocenters. The molecule has 2 fully saturated rings. The molecule has 2 saturated carbocycles. The highest BCUT2D eigenvalue weighted by Crippen LogP contribution is 2.39. The van der Waals surface area contributed by atoms with Gasteiger partial charge in [0.05, 0.1) is 16.6 Å². The second kappa shape index (κ2) is 6.16. The monoisotopic (exact) mass is 328 g/mol. The lowest BCUT2D eigenvalue weighted by Crippen LogP contribution is -2.53. The normalized spacial score (nSPS) is 29.6. The van der Waals surface area contributed by atoms with Crippen LogP contribution in [0.25, 0.3) is 11.1 Å². The fraction of sp³-hybridized carbons (Fsp3) is 0.611. The third-order valence-electron chi connectivity index (χ3n) is 5.68. The molecule has 4 rings (SSSR count). The van der Waals surface area contributed by atoms with Crippen LogP contribution >= 0.6 is 0 Å². The van der Waals surface area contributed by atoms with E-state index in [1.165, 1.54) is 6.42 Å². The minimum absolute atomic E-state index is 0.0509. The van der Waals surface area contributed by atoms with Crippen LogP contribution in [0.3, 0.4) is 0 Å². The molecule has 128 valence electrons. The van der Waals surface area contributed by atoms with Gasteiger partial charge in [0.25, 0.3) is 11.6 Å². The number of nitrogens with zero attached hydrogens (tertiary/aromatic N) is 2. The van der Waals surface area contributed by atoms with Gasteiger partial charge in [0.1, 0.15) is 0 Å². The summed E-state index contributed by atoms with van der Waals surface area (Å²) in [5.41, 5.74) is 8.08. The molecule has 0 aromatic carbocycles. The molecule has 0 spiro atoms. The quantitative estimate of drug-likeness (QED) is 0.902. The maximum absolute atomic E-state index is 12.8. The molecule has 6 nitrogen and oxygen atoms in total. The average Bonchev–Trinajstić information content (AvgIpc) is 2.97. The van der Waals surface area contributed by atoms with Crippen LogP contribution in [0.2, 0.25) is 0 Å². The molecule has 2 aliphatic carbocycles. The summed E-state index contributed by atoms with van der Waals surface area (Å²) in [7, 11) is 0. The Labute approximate surface area is 141 Å². The van der Waals surface area contributed by atoms with E-state index in [0.29, 0.717) is 23.1 Å². The van der Waals surface area contributed by atoms with Crippen LogP contribution in [0.4, 0.5) is 0 Å². The van der Waals surface area contributed by atoms with E-state index in [0.717, 1.165) is 43.2 Å². The molecular formula is C18H24N4O2. The second-order valence-corrected chi connectivity index (χ2v) is 7.24. The molecule has 1 amide bonds. The molecule has 24 heavy (non-hydrogen) atoms. The number of nitrogens with two attached hydrogens (primary N) is 1. The van der Waals surface area contributed by atoms with Gasteiger partial charge in [-0.15, -0.1) is 0 Å². The Kier molecular flexibility index (Phi) is 4.00. The van der Waals surface area contributed by atoms with Gasteiger partial charge in [-0.05, 0) is 50.0 Å². The second-order valence-electron chi connectivity index (χ2n) is 7.24. The van der Waals surface area contributed by atoms with Crippen molar-refractivity contribution in [2.45, 2.75) is 57.5 Å². The summed E-state index contributed by atoms with van der Waals surface area (Å²) in [6.45, 7) is 2.01. The third kappa shape index (κ3) is 2.69. The van der Waals surface area contributed by atoms with Crippen LogP contribution in [-0.2, 0) is 6.42 Å². The number of carbonyl (C=O) groups is 1. The zero-order valence-electron chi connectivity index (χ0n) is 14.0. The van der Waals surface area contributed by atoms with E-state index in [4.69, 9.17) is 10.3 Å². The van der Waals surface area contributed by atoms with Crippen molar-refractivity contribution >= 4 is 17.0 Å². The number of amides is 1. The summed E-state index contributed by atoms with van der Waals surface area (Å²) < 4.78 is 5.19. The first-order valence-electron chi connectivity index (χ1n) is 8.96. The van der Waals surface area contributed by atoms with Crippen molar-refractivity contribution < 1.29 is 9.32 Å². The van der Waals surface area contributed by atoms with Crippen molar-refractivity contribution in [2.75, 3.05) is 0 Å². The fourth-order valence-corrected chi connectivity index (χ4v) is 4.52. The number of hydrogen-bond donors (Lipinski definition) is 2. The van der Waals surface area contributed by atoms with E-state index >= 15 is 0 Å². The highest BCUT2D eigenvalue weighted by Gasteiger charge is 2.40. The summed E-state index contributed by atoms with van der Waals surface area (Å²) in [6, 6.07) is 2.38. The van der Waals surface area contributed by atoms with E-state index in [1.54, 1.807) is 6.20 Å². The first-order valence-corrected chi connectivity index (χ1v) is 8.96. The van der Waals surface area contributed by atoms with Crippen molar-refractivity contribution in [2.24, 2.45) is 17.6 Å². The molecule has 3 N–H and O–H groups in total. The van der Waals surface area contributed by atoms with E-state index in [1.807, 2.05) is 13.0 Å². The van der Waals surface area contributed by atoms with Crippen molar-refractivity contribution in [1.29, 1.82) is 0 Å². The Morgan fingerprint density at radius 1 is 1.38 bits per heavy atom. The number of aryl methyl sites for hydroxylation is 1. The summed E-state index contributed by atoms with van der Waals surface area (Å²) in [6.07, 6.45) is 7.95. The minimum Gasteiger partial charge on any atom is -0.349 e. The number of rotatable bonds is 3. The molecule has 0 radical (unpaired) electrons. The first kappa shape index (κ1) is 15.6. The van der Waals surface area contributed by atoms with Gasteiger partial charge in [-0.25, -0.2) is 4.98 Å². The number of nitrogens with one attached hydrogen (secondary N) is 1. The van der Waals surface area contributed by atoms with Crippen molar-refractivity contribution in [1.82, 2.24) is 15.5 Å². The molecule has 2 heterocycles. The molecular weight excluding hydrogens is 304 g/mol. The van der Waals surface area contributed by atoms with Crippen LogP contribution in [0.1, 0.15) is 55.1 Å². The molecule has 2 aromatic rings. The lowest BCUT2D eigenvalue weighted by molar-refractivity contribution is 0.0756. The largest absolute Gasteiger partial charge is 0.349 e. The fourth-order valence-electron chi connectivity index (χ4n) is 4.52. The number of fused-ring (bicyclic) bond motifs is 3. The van der Waals surface area contributed by atoms with Crippen molar-refractivity contribution in [3.8, 4) is 0 Å². The topological polar surface area (TPSA) is 94.0 Å². The van der Waals surface area contributed by atoms with Gasteiger partial charge in [-0.3, -0.25) is 4.79 Å². The highest BCUT2D eigenvalue weighted by molar-refractivity contribution is 5.97. The first-order chi connectivity index (χ1) is 11.7. The van der Waals surface area contributed by atoms with E-state index < -0.39 is 0 Å². The molecule has 2 bridgehead atoms. The van der Waals surface area contributed by atoms with Crippen molar-refractivity contribution in [3.05, 3.63) is 23.5 Å². The SMILES string of the molecule is CCc1noc2ncc(C(=O)NC3C4CCCC3CC(N)C4)cc12. The van der Waals surface area contributed by atoms with Gasteiger partial charge in [0, 0.05) is 18.3 Å². The lowest BCUT2D eigenvalue weighted by Gasteiger charge is -2.45. The predicted molar refractivity (Wildman–Crippen MR) is 90.5 cm³/mol. The standard InChI is InChI=1S/C18H24N4O2/c1-2-15-14-8-12(9-20-18(14)24-22-15)17(23)21-16-10-4-3-5-11(16)7-13(19)6-10/h8-11,13,16H,2-7,19H2,1H3,(H,21,23). The predicted octanol–water partition coefficient (Wildman–Crippen LogP) is 2.42. The van der Waals surface area contributed by atoms with Gasteiger partial charge in [0.2, 0.25) is 0 Å². The molecule has 2 unspecified atom stereocenters. The van der Waals surface area contributed by atoms with Gasteiger partial charge < -0.3 is 15.6 Å². The summed E-state index contributed by atoms with van der Waals surface area (Å²) in [4.78, 5) is 17.0. The smallest absolute Gasteiger partial charge is 0.257 e. The van der Waals surface area contributed by atoms with E-state index in [9.17, 15) is 4.79 Å². The Balaban J connectivity index is 1.55. The maximum atomic E-state index is 12.8. The molecule has 6 heteroatoms. The van der Waals surface area contributed by atoms with Crippen molar-refractivity contribution in [3.63, 3.8) is 0 Å². The summed E-state index contributed by atoms with van der Waals surface area (Å²) in [5.74, 6) is 0.967. The van der Waals surface area contributed by atoms with Gasteiger partial charge in [0.15, 0.2) is 0 Å². The third-order valence-corrected chi connectivity index (χ3v) is 5.68. The lowest BCUT2D eigenvalue weighted by atomic mass is 9.67. The zero-order chi connectivity index (χ0) is 16.7. The Morgan fingerprint density at radius 3 is 2.83 bits per heavy atom. The number of pyridine rings is 1. The van der Waals surface area contributed by atoms with Crippen LogP contribution in [0.5, 0.6) is 0 Å². The molecule has 0 aliphatic heterocycles. The Bertz CT molecular complexity index is 743. The van der Waals surface area contributed by atoms with Crippen LogP contribution in [0, 0.1) is 11.8 Å². The van der Waals surface area contributed by atoms with Crippen LogP contribution in [0.15, 0.2) is 16.8 Å². The van der Waals surface area contributed by atoms with Crippen LogP contribution < -0.4 is 11.1 Å². The average molecular weight is 328 g/mol.